The van der Waals surface area contributed by atoms with E-state index in [0.717, 1.165) is 47.6 Å². The van der Waals surface area contributed by atoms with Crippen LogP contribution >= 0.6 is 15.9 Å². The van der Waals surface area contributed by atoms with Gasteiger partial charge in [-0.05, 0) is 41.6 Å². The van der Waals surface area contributed by atoms with Gasteiger partial charge >= 0.3 is 0 Å². The van der Waals surface area contributed by atoms with Gasteiger partial charge in [-0.15, -0.1) is 0 Å². The molecular weight excluding hydrogens is 308 g/mol. The minimum atomic E-state index is -0.152. The molecule has 2 heterocycles. The quantitative estimate of drug-likeness (QED) is 0.830. The van der Waals surface area contributed by atoms with E-state index in [9.17, 15) is 5.11 Å². The molecule has 2 aliphatic rings. The van der Waals surface area contributed by atoms with Gasteiger partial charge in [0, 0.05) is 11.7 Å². The molecule has 0 unspecified atom stereocenters. The van der Waals surface area contributed by atoms with Gasteiger partial charge < -0.3 is 15.3 Å². The van der Waals surface area contributed by atoms with Gasteiger partial charge in [-0.2, -0.15) is 0 Å². The minimum absolute atomic E-state index is 0.152. The number of hydrogen-bond donors (Lipinski definition) is 2. The number of fused-ring (bicyclic) bond motifs is 1. The summed E-state index contributed by atoms with van der Waals surface area (Å²) >= 11 is 3.37. The predicted octanol–water partition coefficient (Wildman–Crippen LogP) is 2.29. The lowest BCUT2D eigenvalue weighted by molar-refractivity contribution is 0.122. The molecular formula is C13H17BrN4O. The first-order valence-electron chi connectivity index (χ1n) is 6.56. The van der Waals surface area contributed by atoms with Crippen LogP contribution in [0.2, 0.25) is 0 Å². The second-order valence-electron chi connectivity index (χ2n) is 5.12. The van der Waals surface area contributed by atoms with Crippen LogP contribution in [-0.4, -0.2) is 33.8 Å². The molecule has 5 nitrogen and oxygen atoms in total. The summed E-state index contributed by atoms with van der Waals surface area (Å²) in [4.78, 5) is 11.1. The maximum atomic E-state index is 9.64. The summed E-state index contributed by atoms with van der Waals surface area (Å²) in [5.74, 6) is 1.65. The summed E-state index contributed by atoms with van der Waals surface area (Å²) in [6.07, 6.45) is 5.17. The second kappa shape index (κ2) is 5.09. The standard InChI is InChI=1S/C13H17BrN4O/c1-8-6-15-12-13(17-11(14)7-16-12)18(8)9-2-4-10(19)5-3-9/h7,9-10,19H,1-6H2,(H,15,16). The highest BCUT2D eigenvalue weighted by molar-refractivity contribution is 9.10. The van der Waals surface area contributed by atoms with E-state index in [2.05, 4.69) is 42.7 Å². The van der Waals surface area contributed by atoms with Gasteiger partial charge in [0.2, 0.25) is 0 Å². The van der Waals surface area contributed by atoms with E-state index in [1.165, 1.54) is 0 Å². The third-order valence-electron chi connectivity index (χ3n) is 3.78. The topological polar surface area (TPSA) is 61.3 Å². The zero-order valence-electron chi connectivity index (χ0n) is 10.6. The Bertz CT molecular complexity index is 499. The lowest BCUT2D eigenvalue weighted by Gasteiger charge is -2.40. The summed E-state index contributed by atoms with van der Waals surface area (Å²) < 4.78 is 0.726. The maximum absolute atomic E-state index is 9.64. The Kier molecular flexibility index (Phi) is 3.45. The fraction of sp³-hybridized carbons (Fsp3) is 0.538. The first-order valence-corrected chi connectivity index (χ1v) is 7.36. The maximum Gasteiger partial charge on any atom is 0.177 e. The number of hydrogen-bond acceptors (Lipinski definition) is 5. The predicted molar refractivity (Wildman–Crippen MR) is 78.1 cm³/mol. The van der Waals surface area contributed by atoms with Crippen LogP contribution in [0.15, 0.2) is 23.1 Å². The molecule has 0 radical (unpaired) electrons. The normalized spacial score (nSPS) is 26.8. The van der Waals surface area contributed by atoms with Crippen molar-refractivity contribution >= 4 is 27.6 Å². The fourth-order valence-electron chi connectivity index (χ4n) is 2.82. The molecule has 19 heavy (non-hydrogen) atoms. The van der Waals surface area contributed by atoms with Crippen LogP contribution < -0.4 is 10.2 Å². The van der Waals surface area contributed by atoms with E-state index in [1.54, 1.807) is 6.20 Å². The third-order valence-corrected chi connectivity index (χ3v) is 4.17. The van der Waals surface area contributed by atoms with Crippen molar-refractivity contribution in [2.24, 2.45) is 0 Å². The average Bonchev–Trinajstić information content (AvgIpc) is 2.40. The van der Waals surface area contributed by atoms with Crippen LogP contribution in [0, 0.1) is 0 Å². The van der Waals surface area contributed by atoms with E-state index in [-0.39, 0.29) is 6.10 Å². The molecule has 1 aliphatic carbocycles. The monoisotopic (exact) mass is 324 g/mol. The van der Waals surface area contributed by atoms with Crippen molar-refractivity contribution in [1.82, 2.24) is 9.97 Å². The van der Waals surface area contributed by atoms with E-state index in [1.807, 2.05) is 0 Å². The summed E-state index contributed by atoms with van der Waals surface area (Å²) in [7, 11) is 0. The molecule has 0 bridgehead atoms. The van der Waals surface area contributed by atoms with Gasteiger partial charge in [-0.25, -0.2) is 9.97 Å². The number of nitrogens with zero attached hydrogens (tertiary/aromatic N) is 3. The van der Waals surface area contributed by atoms with Crippen molar-refractivity contribution in [2.45, 2.75) is 37.8 Å². The molecule has 0 atom stereocenters. The summed E-state index contributed by atoms with van der Waals surface area (Å²) in [5.41, 5.74) is 1.02. The highest BCUT2D eigenvalue weighted by atomic mass is 79.9. The Morgan fingerprint density at radius 2 is 2.11 bits per heavy atom. The molecule has 0 saturated heterocycles. The van der Waals surface area contributed by atoms with Gasteiger partial charge in [0.05, 0.1) is 18.8 Å². The third kappa shape index (κ3) is 2.47. The molecule has 6 heteroatoms. The van der Waals surface area contributed by atoms with Gasteiger partial charge in [0.1, 0.15) is 4.60 Å². The van der Waals surface area contributed by atoms with E-state index < -0.39 is 0 Å². The van der Waals surface area contributed by atoms with Crippen molar-refractivity contribution in [3.63, 3.8) is 0 Å². The lowest BCUT2D eigenvalue weighted by atomic mass is 9.91. The molecule has 102 valence electrons. The number of nitrogens with one attached hydrogen (secondary N) is 1. The molecule has 1 aromatic heterocycles. The van der Waals surface area contributed by atoms with Crippen LogP contribution in [0.1, 0.15) is 25.7 Å². The molecule has 1 fully saturated rings. The Balaban J connectivity index is 1.92. The number of aliphatic hydroxyl groups is 1. The highest BCUT2D eigenvalue weighted by Crippen LogP contribution is 2.35. The summed E-state index contributed by atoms with van der Waals surface area (Å²) in [6, 6.07) is 0.361. The van der Waals surface area contributed by atoms with Crippen LogP contribution in [0.25, 0.3) is 0 Å². The highest BCUT2D eigenvalue weighted by Gasteiger charge is 2.31. The zero-order chi connectivity index (χ0) is 13.4. The van der Waals surface area contributed by atoms with Crippen molar-refractivity contribution in [2.75, 3.05) is 16.8 Å². The summed E-state index contributed by atoms with van der Waals surface area (Å²) in [5, 5.41) is 12.9. The smallest absolute Gasteiger partial charge is 0.177 e. The largest absolute Gasteiger partial charge is 0.393 e. The fourth-order valence-corrected chi connectivity index (χ4v) is 3.09. The van der Waals surface area contributed by atoms with Gasteiger partial charge in [0.25, 0.3) is 0 Å². The zero-order valence-corrected chi connectivity index (χ0v) is 12.2. The minimum Gasteiger partial charge on any atom is -0.393 e. The number of halogens is 1. The molecule has 0 aromatic carbocycles. The number of anilines is 2. The van der Waals surface area contributed by atoms with Crippen LogP contribution in [0.5, 0.6) is 0 Å². The van der Waals surface area contributed by atoms with Crippen molar-refractivity contribution in [1.29, 1.82) is 0 Å². The number of rotatable bonds is 1. The molecule has 2 N–H and O–H groups in total. The Hall–Kier alpha value is -1.14. The second-order valence-corrected chi connectivity index (χ2v) is 5.93. The number of aliphatic hydroxyl groups excluding tert-OH is 1. The first kappa shape index (κ1) is 12.9. The van der Waals surface area contributed by atoms with Crippen LogP contribution in [0.4, 0.5) is 11.6 Å². The molecule has 0 amide bonds. The molecule has 1 aliphatic heterocycles. The van der Waals surface area contributed by atoms with Crippen molar-refractivity contribution < 1.29 is 5.11 Å². The average molecular weight is 325 g/mol. The molecule has 3 rings (SSSR count). The van der Waals surface area contributed by atoms with E-state index >= 15 is 0 Å². The van der Waals surface area contributed by atoms with Gasteiger partial charge in [-0.1, -0.05) is 6.58 Å². The Morgan fingerprint density at radius 1 is 1.37 bits per heavy atom. The van der Waals surface area contributed by atoms with Crippen LogP contribution in [0.3, 0.4) is 0 Å². The van der Waals surface area contributed by atoms with E-state index in [4.69, 9.17) is 0 Å². The van der Waals surface area contributed by atoms with Gasteiger partial charge in [0.15, 0.2) is 11.6 Å². The molecule has 1 saturated carbocycles. The Labute approximate surface area is 120 Å². The molecule has 0 spiro atoms. The first-order chi connectivity index (χ1) is 9.15. The van der Waals surface area contributed by atoms with Crippen molar-refractivity contribution in [3.05, 3.63) is 23.1 Å². The van der Waals surface area contributed by atoms with Gasteiger partial charge in [-0.3, -0.25) is 0 Å². The van der Waals surface area contributed by atoms with Crippen molar-refractivity contribution in [3.8, 4) is 0 Å². The SMILES string of the molecule is C=C1CNc2ncc(Br)nc2N1C1CCC(O)CC1. The molecule has 1 aromatic rings. The number of aromatic nitrogens is 2. The lowest BCUT2D eigenvalue weighted by Crippen LogP contribution is -2.43. The Morgan fingerprint density at radius 3 is 2.84 bits per heavy atom. The summed E-state index contributed by atoms with van der Waals surface area (Å²) in [6.45, 7) is 4.83. The van der Waals surface area contributed by atoms with E-state index in [0.29, 0.717) is 12.6 Å². The van der Waals surface area contributed by atoms with Crippen LogP contribution in [-0.2, 0) is 0 Å².